The summed E-state index contributed by atoms with van der Waals surface area (Å²) in [5.41, 5.74) is 0. The third-order valence-electron chi connectivity index (χ3n) is 4.02. The van der Waals surface area contributed by atoms with Gasteiger partial charge in [0.05, 0.1) is 12.7 Å². The monoisotopic (exact) mass is 254 g/mol. The van der Waals surface area contributed by atoms with Gasteiger partial charge in [-0.25, -0.2) is 0 Å². The number of carbonyl (C=O) groups excluding carboxylic acids is 1. The van der Waals surface area contributed by atoms with E-state index in [0.717, 1.165) is 38.8 Å². The van der Waals surface area contributed by atoms with E-state index in [-0.39, 0.29) is 11.8 Å². The fourth-order valence-electron chi connectivity index (χ4n) is 2.87. The van der Waals surface area contributed by atoms with Crippen molar-refractivity contribution in [1.29, 1.82) is 0 Å². The zero-order chi connectivity index (χ0) is 12.6. The van der Waals surface area contributed by atoms with E-state index in [1.165, 1.54) is 19.3 Å². The third-order valence-corrected chi connectivity index (χ3v) is 4.02. The number of piperidine rings is 1. The Morgan fingerprint density at radius 1 is 1.11 bits per heavy atom. The van der Waals surface area contributed by atoms with Gasteiger partial charge in [-0.2, -0.15) is 0 Å². The lowest BCUT2D eigenvalue weighted by Crippen LogP contribution is -2.36. The summed E-state index contributed by atoms with van der Waals surface area (Å²) in [6.45, 7) is 3.43. The van der Waals surface area contributed by atoms with Crippen LogP contribution in [0.4, 0.5) is 0 Å². The first kappa shape index (κ1) is 13.8. The average molecular weight is 254 g/mol. The largest absolute Gasteiger partial charge is 0.376 e. The van der Waals surface area contributed by atoms with Crippen LogP contribution in [0.2, 0.25) is 0 Å². The minimum atomic E-state index is 0.239. The Balaban J connectivity index is 1.52. The number of hydrogen-bond acceptors (Lipinski definition) is 3. The molecule has 0 bridgehead atoms. The number of nitrogens with one attached hydrogen (secondary N) is 2. The molecule has 104 valence electrons. The molecule has 18 heavy (non-hydrogen) atoms. The van der Waals surface area contributed by atoms with Gasteiger partial charge in [0.15, 0.2) is 0 Å². The van der Waals surface area contributed by atoms with Crippen LogP contribution in [0.5, 0.6) is 0 Å². The fraction of sp³-hybridized carbons (Fsp3) is 0.929. The lowest BCUT2D eigenvalue weighted by atomic mass is 9.89. The zero-order valence-corrected chi connectivity index (χ0v) is 11.2. The minimum absolute atomic E-state index is 0.239. The van der Waals surface area contributed by atoms with Gasteiger partial charge in [-0.05, 0) is 38.8 Å². The molecule has 1 saturated heterocycles. The van der Waals surface area contributed by atoms with Crippen molar-refractivity contribution < 1.29 is 9.53 Å². The van der Waals surface area contributed by atoms with Crippen LogP contribution in [-0.4, -0.2) is 38.3 Å². The summed E-state index contributed by atoms with van der Waals surface area (Å²) in [6, 6.07) is 0. The molecule has 0 spiro atoms. The second-order valence-corrected chi connectivity index (χ2v) is 5.45. The van der Waals surface area contributed by atoms with Crippen LogP contribution in [0.25, 0.3) is 0 Å². The van der Waals surface area contributed by atoms with Crippen molar-refractivity contribution in [1.82, 2.24) is 10.6 Å². The molecule has 2 fully saturated rings. The first-order chi connectivity index (χ1) is 8.86. The molecule has 2 N–H and O–H groups in total. The van der Waals surface area contributed by atoms with Gasteiger partial charge in [0.2, 0.25) is 5.91 Å². The van der Waals surface area contributed by atoms with E-state index in [2.05, 4.69) is 10.6 Å². The summed E-state index contributed by atoms with van der Waals surface area (Å²) in [7, 11) is 0. The normalized spacial score (nSPS) is 22.9. The second-order valence-electron chi connectivity index (χ2n) is 5.45. The summed E-state index contributed by atoms with van der Waals surface area (Å²) in [4.78, 5) is 11.9. The summed E-state index contributed by atoms with van der Waals surface area (Å²) in [6.07, 6.45) is 8.43. The fourth-order valence-corrected chi connectivity index (χ4v) is 2.87. The zero-order valence-electron chi connectivity index (χ0n) is 11.2. The maximum atomic E-state index is 11.9. The molecule has 0 unspecified atom stereocenters. The highest BCUT2D eigenvalue weighted by Crippen LogP contribution is 2.23. The predicted octanol–water partition coefficient (Wildman–Crippen LogP) is 1.45. The number of amides is 1. The van der Waals surface area contributed by atoms with E-state index in [9.17, 15) is 4.79 Å². The highest BCUT2D eigenvalue weighted by Gasteiger charge is 2.20. The average Bonchev–Trinajstić information content (AvgIpc) is 2.45. The molecule has 2 aliphatic rings. The van der Waals surface area contributed by atoms with Gasteiger partial charge in [0, 0.05) is 12.5 Å². The summed E-state index contributed by atoms with van der Waals surface area (Å²) < 4.78 is 5.77. The summed E-state index contributed by atoms with van der Waals surface area (Å²) in [5.74, 6) is 0.501. The van der Waals surface area contributed by atoms with Crippen LogP contribution in [0.15, 0.2) is 0 Å². The molecule has 0 atom stereocenters. The summed E-state index contributed by atoms with van der Waals surface area (Å²) >= 11 is 0. The van der Waals surface area contributed by atoms with E-state index in [1.54, 1.807) is 0 Å². The van der Waals surface area contributed by atoms with Crippen molar-refractivity contribution in [3.63, 3.8) is 0 Å². The van der Waals surface area contributed by atoms with Crippen LogP contribution in [0.1, 0.15) is 44.9 Å². The van der Waals surface area contributed by atoms with Crippen LogP contribution in [-0.2, 0) is 9.53 Å². The second kappa shape index (κ2) is 7.74. The molecule has 0 radical (unpaired) electrons. The van der Waals surface area contributed by atoms with E-state index >= 15 is 0 Å². The van der Waals surface area contributed by atoms with Gasteiger partial charge in [0.1, 0.15) is 0 Å². The Kier molecular flexibility index (Phi) is 5.94. The maximum Gasteiger partial charge on any atom is 0.223 e. The van der Waals surface area contributed by atoms with Gasteiger partial charge in [-0.1, -0.05) is 19.3 Å². The molecule has 2 rings (SSSR count). The minimum Gasteiger partial charge on any atom is -0.376 e. The molecule has 0 aromatic rings. The topological polar surface area (TPSA) is 50.4 Å². The van der Waals surface area contributed by atoms with Gasteiger partial charge in [-0.15, -0.1) is 0 Å². The Morgan fingerprint density at radius 2 is 1.83 bits per heavy atom. The molecule has 1 aliphatic carbocycles. The van der Waals surface area contributed by atoms with Crippen molar-refractivity contribution in [3.05, 3.63) is 0 Å². The van der Waals surface area contributed by atoms with Crippen molar-refractivity contribution >= 4 is 5.91 Å². The van der Waals surface area contributed by atoms with Crippen LogP contribution in [0.3, 0.4) is 0 Å². The van der Waals surface area contributed by atoms with E-state index in [4.69, 9.17) is 4.74 Å². The first-order valence-corrected chi connectivity index (χ1v) is 7.46. The number of hydrogen-bond donors (Lipinski definition) is 2. The van der Waals surface area contributed by atoms with Crippen molar-refractivity contribution in [2.45, 2.75) is 51.0 Å². The molecule has 4 heteroatoms. The predicted molar refractivity (Wildman–Crippen MR) is 71.4 cm³/mol. The molecule has 1 amide bonds. The highest BCUT2D eigenvalue weighted by molar-refractivity contribution is 5.78. The smallest absolute Gasteiger partial charge is 0.223 e. The van der Waals surface area contributed by atoms with Gasteiger partial charge in [-0.3, -0.25) is 4.79 Å². The molecular weight excluding hydrogens is 228 g/mol. The molecule has 1 heterocycles. The Bertz CT molecular complexity index is 246. The third kappa shape index (κ3) is 4.58. The van der Waals surface area contributed by atoms with E-state index < -0.39 is 0 Å². The number of ether oxygens (including phenoxy) is 1. The lowest BCUT2D eigenvalue weighted by molar-refractivity contribution is -0.126. The Labute approximate surface area is 110 Å². The molecule has 1 aliphatic heterocycles. The standard InChI is InChI=1S/C14H26N2O2/c17-14(12-4-2-1-3-5-12)16-10-11-18-13-6-8-15-9-7-13/h12-13,15H,1-11H2,(H,16,17). The summed E-state index contributed by atoms with van der Waals surface area (Å²) in [5, 5.41) is 6.33. The van der Waals surface area contributed by atoms with E-state index in [1.807, 2.05) is 0 Å². The highest BCUT2D eigenvalue weighted by atomic mass is 16.5. The van der Waals surface area contributed by atoms with Gasteiger partial charge < -0.3 is 15.4 Å². The molecule has 4 nitrogen and oxygen atoms in total. The lowest BCUT2D eigenvalue weighted by Gasteiger charge is -2.24. The molecular formula is C14H26N2O2. The van der Waals surface area contributed by atoms with Crippen molar-refractivity contribution in [2.75, 3.05) is 26.2 Å². The van der Waals surface area contributed by atoms with Crippen molar-refractivity contribution in [3.8, 4) is 0 Å². The van der Waals surface area contributed by atoms with Gasteiger partial charge in [0.25, 0.3) is 0 Å². The van der Waals surface area contributed by atoms with Crippen LogP contribution < -0.4 is 10.6 Å². The number of rotatable bonds is 5. The first-order valence-electron chi connectivity index (χ1n) is 7.46. The number of carbonyl (C=O) groups is 1. The SMILES string of the molecule is O=C(NCCOC1CCNCC1)C1CCCCC1. The van der Waals surface area contributed by atoms with Crippen LogP contribution in [0, 0.1) is 5.92 Å². The van der Waals surface area contributed by atoms with Crippen LogP contribution >= 0.6 is 0 Å². The quantitative estimate of drug-likeness (QED) is 0.730. The molecule has 0 aromatic carbocycles. The Hall–Kier alpha value is -0.610. The van der Waals surface area contributed by atoms with Gasteiger partial charge >= 0.3 is 0 Å². The van der Waals surface area contributed by atoms with E-state index in [0.29, 0.717) is 19.3 Å². The Morgan fingerprint density at radius 3 is 2.56 bits per heavy atom. The molecule has 1 saturated carbocycles. The maximum absolute atomic E-state index is 11.9. The molecule has 0 aromatic heterocycles. The van der Waals surface area contributed by atoms with Crippen molar-refractivity contribution in [2.24, 2.45) is 5.92 Å².